The first kappa shape index (κ1) is 15.3. The van der Waals surface area contributed by atoms with Gasteiger partial charge in [-0.15, -0.1) is 11.3 Å². The average molecular weight is 329 g/mol. The quantitative estimate of drug-likeness (QED) is 0.897. The molecule has 0 aliphatic heterocycles. The van der Waals surface area contributed by atoms with Crippen LogP contribution in [0, 0.1) is 0 Å². The van der Waals surface area contributed by atoms with Crippen LogP contribution < -0.4 is 5.32 Å². The fourth-order valence-corrected chi connectivity index (χ4v) is 2.88. The van der Waals surface area contributed by atoms with Crippen LogP contribution in [0.1, 0.15) is 35.6 Å². The second-order valence-electron chi connectivity index (χ2n) is 4.61. The number of amides is 1. The lowest BCUT2D eigenvalue weighted by atomic mass is 9.99. The van der Waals surface area contributed by atoms with Gasteiger partial charge in [0.1, 0.15) is 5.01 Å². The molecule has 20 heavy (non-hydrogen) atoms. The second kappa shape index (κ2) is 6.12. The molecule has 1 heterocycles. The van der Waals surface area contributed by atoms with Crippen LogP contribution >= 0.6 is 34.5 Å². The lowest BCUT2D eigenvalue weighted by Gasteiger charge is -2.27. The number of rotatable bonds is 4. The number of nitrogens with one attached hydrogen (secondary N) is 1. The first-order chi connectivity index (χ1) is 9.46. The summed E-state index contributed by atoms with van der Waals surface area (Å²) in [5, 5.41) is 6.60. The Bertz CT molecular complexity index is 616. The predicted octanol–water partition coefficient (Wildman–Crippen LogP) is 4.51. The predicted molar refractivity (Wildman–Crippen MR) is 83.7 cm³/mol. The molecule has 106 valence electrons. The molecular formula is C14H14Cl2N2OS. The van der Waals surface area contributed by atoms with Gasteiger partial charge in [0.25, 0.3) is 5.91 Å². The van der Waals surface area contributed by atoms with Crippen molar-refractivity contribution in [3.05, 3.63) is 50.4 Å². The van der Waals surface area contributed by atoms with E-state index in [4.69, 9.17) is 23.2 Å². The first-order valence-electron chi connectivity index (χ1n) is 6.14. The molecule has 0 saturated heterocycles. The van der Waals surface area contributed by atoms with Crippen molar-refractivity contribution in [2.24, 2.45) is 0 Å². The Morgan fingerprint density at radius 2 is 2.15 bits per heavy atom. The first-order valence-corrected chi connectivity index (χ1v) is 7.77. The molecule has 0 bridgehead atoms. The molecule has 1 atom stereocenters. The smallest absolute Gasteiger partial charge is 0.252 e. The van der Waals surface area contributed by atoms with E-state index >= 15 is 0 Å². The fourth-order valence-electron chi connectivity index (χ4n) is 1.75. The standard InChI is InChI=1S/C14H14Cl2N2OS/c1-3-14(2,13-17-6-7-20-13)18-12(19)9-4-5-10(15)11(16)8-9/h4-8H,3H2,1-2H3,(H,18,19). The number of carbonyl (C=O) groups is 1. The molecule has 1 aromatic heterocycles. The Hall–Kier alpha value is -1.10. The molecular weight excluding hydrogens is 315 g/mol. The molecule has 6 heteroatoms. The van der Waals surface area contributed by atoms with Gasteiger partial charge >= 0.3 is 0 Å². The van der Waals surface area contributed by atoms with E-state index in [0.29, 0.717) is 15.6 Å². The van der Waals surface area contributed by atoms with Crippen LogP contribution in [0.2, 0.25) is 10.0 Å². The molecule has 0 aliphatic rings. The number of hydrogen-bond donors (Lipinski definition) is 1. The SMILES string of the molecule is CCC(C)(NC(=O)c1ccc(Cl)c(Cl)c1)c1nccs1. The summed E-state index contributed by atoms with van der Waals surface area (Å²) in [5.74, 6) is -0.192. The van der Waals surface area contributed by atoms with Gasteiger partial charge < -0.3 is 5.32 Å². The van der Waals surface area contributed by atoms with E-state index in [9.17, 15) is 4.79 Å². The third kappa shape index (κ3) is 3.14. The summed E-state index contributed by atoms with van der Waals surface area (Å²) >= 11 is 13.3. The largest absolute Gasteiger partial charge is 0.340 e. The summed E-state index contributed by atoms with van der Waals surface area (Å²) in [4.78, 5) is 16.6. The Morgan fingerprint density at radius 3 is 2.70 bits per heavy atom. The molecule has 0 radical (unpaired) electrons. The Kier molecular flexibility index (Phi) is 4.68. The molecule has 2 aromatic rings. The van der Waals surface area contributed by atoms with Crippen molar-refractivity contribution in [2.45, 2.75) is 25.8 Å². The van der Waals surface area contributed by atoms with Crippen molar-refractivity contribution in [1.29, 1.82) is 0 Å². The minimum Gasteiger partial charge on any atom is -0.340 e. The number of carbonyl (C=O) groups excluding carboxylic acids is 1. The highest BCUT2D eigenvalue weighted by Gasteiger charge is 2.29. The Balaban J connectivity index is 2.23. The van der Waals surface area contributed by atoms with Crippen LogP contribution in [0.4, 0.5) is 0 Å². The molecule has 0 spiro atoms. The van der Waals surface area contributed by atoms with Crippen LogP contribution in [-0.4, -0.2) is 10.9 Å². The number of nitrogens with zero attached hydrogens (tertiary/aromatic N) is 1. The Morgan fingerprint density at radius 1 is 1.40 bits per heavy atom. The van der Waals surface area contributed by atoms with Crippen LogP contribution in [0.3, 0.4) is 0 Å². The molecule has 0 fully saturated rings. The van der Waals surface area contributed by atoms with Crippen molar-refractivity contribution in [1.82, 2.24) is 10.3 Å². The van der Waals surface area contributed by atoms with Gasteiger partial charge in [-0.25, -0.2) is 4.98 Å². The van der Waals surface area contributed by atoms with Crippen LogP contribution in [0.25, 0.3) is 0 Å². The van der Waals surface area contributed by atoms with Crippen molar-refractivity contribution in [2.75, 3.05) is 0 Å². The van der Waals surface area contributed by atoms with E-state index in [1.165, 1.54) is 11.3 Å². The second-order valence-corrected chi connectivity index (χ2v) is 6.31. The van der Waals surface area contributed by atoms with Gasteiger partial charge in [-0.3, -0.25) is 4.79 Å². The average Bonchev–Trinajstić information content (AvgIpc) is 2.96. The van der Waals surface area contributed by atoms with E-state index < -0.39 is 5.54 Å². The lowest BCUT2D eigenvalue weighted by molar-refractivity contribution is 0.0902. The fraction of sp³-hybridized carbons (Fsp3) is 0.286. The molecule has 1 unspecified atom stereocenters. The third-order valence-corrected chi connectivity index (χ3v) is 4.96. The van der Waals surface area contributed by atoms with Crippen molar-refractivity contribution < 1.29 is 4.79 Å². The van der Waals surface area contributed by atoms with Crippen molar-refractivity contribution in [3.8, 4) is 0 Å². The van der Waals surface area contributed by atoms with Gasteiger partial charge in [-0.2, -0.15) is 0 Å². The van der Waals surface area contributed by atoms with E-state index in [-0.39, 0.29) is 5.91 Å². The zero-order chi connectivity index (χ0) is 14.8. The monoisotopic (exact) mass is 328 g/mol. The van der Waals surface area contributed by atoms with Crippen molar-refractivity contribution >= 4 is 40.4 Å². The number of thiazole rings is 1. The summed E-state index contributed by atoms with van der Waals surface area (Å²) in [6, 6.07) is 4.84. The molecule has 0 saturated carbocycles. The molecule has 3 nitrogen and oxygen atoms in total. The summed E-state index contributed by atoms with van der Waals surface area (Å²) < 4.78 is 0. The van der Waals surface area contributed by atoms with E-state index in [2.05, 4.69) is 10.3 Å². The van der Waals surface area contributed by atoms with Crippen LogP contribution in [0.5, 0.6) is 0 Å². The maximum Gasteiger partial charge on any atom is 0.252 e. The number of hydrogen-bond acceptors (Lipinski definition) is 3. The van der Waals surface area contributed by atoms with Gasteiger partial charge in [-0.1, -0.05) is 30.1 Å². The number of halogens is 2. The zero-order valence-corrected chi connectivity index (χ0v) is 13.4. The van der Waals surface area contributed by atoms with E-state index in [1.807, 2.05) is 19.2 Å². The Labute approximate surface area is 131 Å². The maximum absolute atomic E-state index is 12.3. The lowest BCUT2D eigenvalue weighted by Crippen LogP contribution is -2.43. The van der Waals surface area contributed by atoms with Crippen LogP contribution in [0.15, 0.2) is 29.8 Å². The third-order valence-electron chi connectivity index (χ3n) is 3.18. The highest BCUT2D eigenvalue weighted by Crippen LogP contribution is 2.27. The molecule has 1 aromatic carbocycles. The molecule has 1 N–H and O–H groups in total. The normalized spacial score (nSPS) is 13.8. The van der Waals surface area contributed by atoms with Gasteiger partial charge in [-0.05, 0) is 31.5 Å². The topological polar surface area (TPSA) is 42.0 Å². The minimum absolute atomic E-state index is 0.192. The van der Waals surface area contributed by atoms with Gasteiger partial charge in [0.05, 0.1) is 15.6 Å². The van der Waals surface area contributed by atoms with Gasteiger partial charge in [0.2, 0.25) is 0 Å². The summed E-state index contributed by atoms with van der Waals surface area (Å²) in [5.41, 5.74) is -0.00666. The van der Waals surface area contributed by atoms with Gasteiger partial charge in [0.15, 0.2) is 0 Å². The maximum atomic E-state index is 12.3. The molecule has 2 rings (SSSR count). The van der Waals surface area contributed by atoms with Gasteiger partial charge in [0, 0.05) is 17.1 Å². The zero-order valence-electron chi connectivity index (χ0n) is 11.1. The van der Waals surface area contributed by atoms with Crippen molar-refractivity contribution in [3.63, 3.8) is 0 Å². The van der Waals surface area contributed by atoms with E-state index in [0.717, 1.165) is 11.4 Å². The summed E-state index contributed by atoms with van der Waals surface area (Å²) in [7, 11) is 0. The summed E-state index contributed by atoms with van der Waals surface area (Å²) in [6.07, 6.45) is 2.48. The molecule has 0 aliphatic carbocycles. The molecule has 1 amide bonds. The highest BCUT2D eigenvalue weighted by molar-refractivity contribution is 7.09. The number of benzene rings is 1. The van der Waals surface area contributed by atoms with E-state index in [1.54, 1.807) is 24.4 Å². The van der Waals surface area contributed by atoms with Crippen LogP contribution in [-0.2, 0) is 5.54 Å². The summed E-state index contributed by atoms with van der Waals surface area (Å²) in [6.45, 7) is 3.97. The minimum atomic E-state index is -0.489. The number of aromatic nitrogens is 1. The highest BCUT2D eigenvalue weighted by atomic mass is 35.5.